The summed E-state index contributed by atoms with van der Waals surface area (Å²) in [5.74, 6) is 0. The summed E-state index contributed by atoms with van der Waals surface area (Å²) in [6.07, 6.45) is 5.40. The number of halogens is 1. The number of non-ortho nitro benzene ring substituents is 1. The molecule has 6 heteroatoms. The van der Waals surface area contributed by atoms with Crippen molar-refractivity contribution in [2.24, 2.45) is 0 Å². The number of benzene rings is 1. The molecule has 0 fully saturated rings. The molecule has 1 heterocycles. The fourth-order valence-corrected chi connectivity index (χ4v) is 2.92. The first-order valence-corrected chi connectivity index (χ1v) is 7.05. The van der Waals surface area contributed by atoms with E-state index in [9.17, 15) is 10.1 Å². The molecule has 0 saturated carbocycles. The molecule has 2 aromatic rings. The van der Waals surface area contributed by atoms with Gasteiger partial charge in [0.2, 0.25) is 0 Å². The molecule has 0 unspecified atom stereocenters. The highest BCUT2D eigenvalue weighted by atomic mass is 35.5. The van der Waals surface area contributed by atoms with Crippen LogP contribution in [0.2, 0.25) is 5.15 Å². The minimum Gasteiger partial charge on any atom is -0.258 e. The molecular formula is C14H14ClN3O2. The van der Waals surface area contributed by atoms with Gasteiger partial charge in [-0.25, -0.2) is 4.68 Å². The van der Waals surface area contributed by atoms with Gasteiger partial charge in [0.1, 0.15) is 5.15 Å². The maximum Gasteiger partial charge on any atom is 0.269 e. The van der Waals surface area contributed by atoms with E-state index in [1.807, 2.05) is 0 Å². The van der Waals surface area contributed by atoms with Crippen LogP contribution in [0.25, 0.3) is 5.69 Å². The minimum atomic E-state index is -0.413. The Labute approximate surface area is 121 Å². The molecule has 1 aliphatic rings. The van der Waals surface area contributed by atoms with Crippen molar-refractivity contribution in [3.05, 3.63) is 50.8 Å². The molecule has 104 valence electrons. The first kappa shape index (κ1) is 13.1. The summed E-state index contributed by atoms with van der Waals surface area (Å²) >= 11 is 6.42. The lowest BCUT2D eigenvalue weighted by atomic mass is 10.1. The predicted octanol–water partition coefficient (Wildman–Crippen LogP) is 3.70. The van der Waals surface area contributed by atoms with E-state index in [0.717, 1.165) is 42.6 Å². The average Bonchev–Trinajstić information content (AvgIpc) is 2.64. The monoisotopic (exact) mass is 291 g/mol. The third-order valence-corrected chi connectivity index (χ3v) is 4.04. The number of nitro benzene ring substituents is 1. The van der Waals surface area contributed by atoms with Crippen molar-refractivity contribution in [3.63, 3.8) is 0 Å². The van der Waals surface area contributed by atoms with Crippen molar-refractivity contribution in [3.8, 4) is 5.69 Å². The zero-order valence-electron chi connectivity index (χ0n) is 10.9. The van der Waals surface area contributed by atoms with Crippen LogP contribution in [0.1, 0.15) is 30.5 Å². The maximum atomic E-state index is 10.7. The Balaban J connectivity index is 2.00. The fourth-order valence-electron chi connectivity index (χ4n) is 2.58. The summed E-state index contributed by atoms with van der Waals surface area (Å²) < 4.78 is 1.68. The number of hydrogen-bond acceptors (Lipinski definition) is 3. The zero-order chi connectivity index (χ0) is 14.1. The fraction of sp³-hybridized carbons (Fsp3) is 0.357. The Kier molecular flexibility index (Phi) is 3.44. The first-order chi connectivity index (χ1) is 9.66. The highest BCUT2D eigenvalue weighted by molar-refractivity contribution is 6.30. The molecule has 0 atom stereocenters. The standard InChI is InChI=1S/C14H14ClN3O2/c15-14-12-4-2-1-3-5-13(12)16-17(14)10-6-8-11(9-7-10)18(19)20/h6-9H,1-5H2. The lowest BCUT2D eigenvalue weighted by Gasteiger charge is -2.03. The van der Waals surface area contributed by atoms with Crippen LogP contribution < -0.4 is 0 Å². The van der Waals surface area contributed by atoms with Crippen molar-refractivity contribution in [1.82, 2.24) is 9.78 Å². The third kappa shape index (κ3) is 2.29. The molecule has 0 spiro atoms. The number of fused-ring (bicyclic) bond motifs is 1. The lowest BCUT2D eigenvalue weighted by Crippen LogP contribution is -1.98. The van der Waals surface area contributed by atoms with Gasteiger partial charge in [-0.1, -0.05) is 18.0 Å². The predicted molar refractivity (Wildman–Crippen MR) is 76.5 cm³/mol. The molecule has 3 rings (SSSR count). The normalized spacial score (nSPS) is 14.7. The van der Waals surface area contributed by atoms with Gasteiger partial charge in [-0.05, 0) is 37.8 Å². The summed E-state index contributed by atoms with van der Waals surface area (Å²) in [5.41, 5.74) is 3.01. The Bertz CT molecular complexity index is 649. The zero-order valence-corrected chi connectivity index (χ0v) is 11.6. The lowest BCUT2D eigenvalue weighted by molar-refractivity contribution is -0.384. The van der Waals surface area contributed by atoms with Crippen LogP contribution in [-0.4, -0.2) is 14.7 Å². The van der Waals surface area contributed by atoms with E-state index in [4.69, 9.17) is 11.6 Å². The molecule has 1 aliphatic carbocycles. The number of aromatic nitrogens is 2. The Morgan fingerprint density at radius 1 is 1.15 bits per heavy atom. The molecule has 1 aromatic carbocycles. The van der Waals surface area contributed by atoms with Crippen LogP contribution in [0.3, 0.4) is 0 Å². The van der Waals surface area contributed by atoms with Gasteiger partial charge in [0.15, 0.2) is 0 Å². The van der Waals surface area contributed by atoms with E-state index in [0.29, 0.717) is 5.15 Å². The average molecular weight is 292 g/mol. The number of nitro groups is 1. The van der Waals surface area contributed by atoms with Gasteiger partial charge in [-0.15, -0.1) is 0 Å². The molecule has 1 aromatic heterocycles. The topological polar surface area (TPSA) is 61.0 Å². The third-order valence-electron chi connectivity index (χ3n) is 3.65. The van der Waals surface area contributed by atoms with Crippen molar-refractivity contribution in [1.29, 1.82) is 0 Å². The Morgan fingerprint density at radius 2 is 1.85 bits per heavy atom. The number of hydrogen-bond donors (Lipinski definition) is 0. The molecule has 0 amide bonds. The van der Waals surface area contributed by atoms with E-state index in [-0.39, 0.29) is 5.69 Å². The van der Waals surface area contributed by atoms with Gasteiger partial charge >= 0.3 is 0 Å². The number of rotatable bonds is 2. The largest absolute Gasteiger partial charge is 0.269 e. The van der Waals surface area contributed by atoms with E-state index < -0.39 is 4.92 Å². The van der Waals surface area contributed by atoms with Crippen LogP contribution in [0.15, 0.2) is 24.3 Å². The van der Waals surface area contributed by atoms with Crippen LogP contribution in [-0.2, 0) is 12.8 Å². The molecular weight excluding hydrogens is 278 g/mol. The summed E-state index contributed by atoms with van der Waals surface area (Å²) in [7, 11) is 0. The Hall–Kier alpha value is -1.88. The molecule has 5 nitrogen and oxygen atoms in total. The van der Waals surface area contributed by atoms with Gasteiger partial charge < -0.3 is 0 Å². The van der Waals surface area contributed by atoms with Crippen LogP contribution in [0, 0.1) is 10.1 Å². The van der Waals surface area contributed by atoms with E-state index >= 15 is 0 Å². The van der Waals surface area contributed by atoms with Crippen molar-refractivity contribution < 1.29 is 4.92 Å². The second-order valence-electron chi connectivity index (χ2n) is 4.96. The second kappa shape index (κ2) is 5.25. The Morgan fingerprint density at radius 3 is 2.55 bits per heavy atom. The smallest absolute Gasteiger partial charge is 0.258 e. The van der Waals surface area contributed by atoms with Gasteiger partial charge in [-0.3, -0.25) is 10.1 Å². The maximum absolute atomic E-state index is 10.7. The van der Waals surface area contributed by atoms with E-state index in [1.54, 1.807) is 16.8 Å². The summed E-state index contributed by atoms with van der Waals surface area (Å²) in [4.78, 5) is 10.3. The molecule has 0 bridgehead atoms. The quantitative estimate of drug-likeness (QED) is 0.481. The molecule has 0 aliphatic heterocycles. The minimum absolute atomic E-state index is 0.0681. The van der Waals surface area contributed by atoms with Gasteiger partial charge in [0.25, 0.3) is 5.69 Å². The highest BCUT2D eigenvalue weighted by Gasteiger charge is 2.19. The van der Waals surface area contributed by atoms with Gasteiger partial charge in [-0.2, -0.15) is 5.10 Å². The van der Waals surface area contributed by atoms with Gasteiger partial charge in [0, 0.05) is 17.7 Å². The van der Waals surface area contributed by atoms with Crippen molar-refractivity contribution in [2.45, 2.75) is 32.1 Å². The van der Waals surface area contributed by atoms with Crippen molar-refractivity contribution in [2.75, 3.05) is 0 Å². The summed E-state index contributed by atoms with van der Waals surface area (Å²) in [6, 6.07) is 6.30. The first-order valence-electron chi connectivity index (χ1n) is 6.68. The molecule has 0 saturated heterocycles. The van der Waals surface area contributed by atoms with Gasteiger partial charge in [0.05, 0.1) is 16.3 Å². The molecule has 20 heavy (non-hydrogen) atoms. The second-order valence-corrected chi connectivity index (χ2v) is 5.32. The van der Waals surface area contributed by atoms with Crippen molar-refractivity contribution >= 4 is 17.3 Å². The number of nitrogens with zero attached hydrogens (tertiary/aromatic N) is 3. The van der Waals surface area contributed by atoms with E-state index in [2.05, 4.69) is 5.10 Å². The number of aryl methyl sites for hydroxylation is 1. The van der Waals surface area contributed by atoms with Crippen LogP contribution >= 0.6 is 11.6 Å². The SMILES string of the molecule is O=[N+]([O-])c1ccc(-n2nc3c(c2Cl)CCCCC3)cc1. The van der Waals surface area contributed by atoms with Crippen LogP contribution in [0.4, 0.5) is 5.69 Å². The van der Waals surface area contributed by atoms with Crippen LogP contribution in [0.5, 0.6) is 0 Å². The molecule has 0 radical (unpaired) electrons. The highest BCUT2D eigenvalue weighted by Crippen LogP contribution is 2.29. The van der Waals surface area contributed by atoms with E-state index in [1.165, 1.54) is 18.6 Å². The summed E-state index contributed by atoms with van der Waals surface area (Å²) in [6.45, 7) is 0. The summed E-state index contributed by atoms with van der Waals surface area (Å²) in [5, 5.41) is 15.9. The molecule has 0 N–H and O–H groups in total.